The predicted molar refractivity (Wildman–Crippen MR) is 108 cm³/mol. The molecule has 0 saturated carbocycles. The monoisotopic (exact) mass is 372 g/mol. The molecule has 0 aromatic rings. The molecule has 0 spiro atoms. The van der Waals surface area contributed by atoms with E-state index in [4.69, 9.17) is 9.84 Å². The maximum Gasteiger partial charge on any atom is 0.334 e. The van der Waals surface area contributed by atoms with Crippen molar-refractivity contribution in [3.05, 3.63) is 24.3 Å². The first-order valence-corrected chi connectivity index (χ1v) is 9.84. The first-order chi connectivity index (χ1) is 11.9. The van der Waals surface area contributed by atoms with Crippen LogP contribution in [-0.2, 0) is 14.3 Å². The maximum absolute atomic E-state index is 11.3. The normalized spacial score (nSPS) is 9.72. The molecule has 0 aromatic carbocycles. The molecule has 0 atom stereocenters. The van der Waals surface area contributed by atoms with E-state index in [1.807, 2.05) is 0 Å². The van der Waals surface area contributed by atoms with Crippen molar-refractivity contribution in [1.29, 1.82) is 0 Å². The van der Waals surface area contributed by atoms with E-state index in [-0.39, 0.29) is 11.5 Å². The minimum absolute atomic E-state index is 0.176. The molecule has 4 nitrogen and oxygen atoms in total. The molecule has 0 fully saturated rings. The highest BCUT2D eigenvalue weighted by atomic mass is 32.1. The predicted octanol–water partition coefficient (Wildman–Crippen LogP) is 5.58. The summed E-state index contributed by atoms with van der Waals surface area (Å²) in [6.07, 6.45) is 12.9. The second-order valence-corrected chi connectivity index (χ2v) is 6.48. The average Bonchev–Trinajstić information content (AvgIpc) is 2.59. The van der Waals surface area contributed by atoms with Gasteiger partial charge in [-0.15, -0.1) is 0 Å². The zero-order chi connectivity index (χ0) is 19.5. The number of esters is 1. The molecule has 1 N–H and O–H groups in total. The second-order valence-electron chi connectivity index (χ2n) is 6.17. The first kappa shape index (κ1) is 26.0. The summed E-state index contributed by atoms with van der Waals surface area (Å²) in [6, 6.07) is 0. The van der Waals surface area contributed by atoms with Crippen LogP contribution in [-0.4, -0.2) is 29.4 Å². The molecule has 0 aromatic heterocycles. The molecular formula is C20H36O4S. The van der Waals surface area contributed by atoms with Gasteiger partial charge in [-0.1, -0.05) is 77.9 Å². The Morgan fingerprint density at radius 2 is 1.32 bits per heavy atom. The fourth-order valence-corrected chi connectivity index (χ4v) is 2.05. The number of thiol groups is 1. The van der Waals surface area contributed by atoms with Gasteiger partial charge < -0.3 is 9.84 Å². The van der Waals surface area contributed by atoms with Crippen molar-refractivity contribution in [2.45, 2.75) is 78.1 Å². The molecule has 25 heavy (non-hydrogen) atoms. The number of aliphatic carboxylic acids is 1. The van der Waals surface area contributed by atoms with Crippen LogP contribution in [0.3, 0.4) is 0 Å². The van der Waals surface area contributed by atoms with E-state index in [9.17, 15) is 9.59 Å². The van der Waals surface area contributed by atoms with Gasteiger partial charge >= 0.3 is 11.9 Å². The number of rotatable bonds is 14. The molecule has 5 heteroatoms. The summed E-state index contributed by atoms with van der Waals surface area (Å²) in [7, 11) is 0. The summed E-state index contributed by atoms with van der Waals surface area (Å²) in [5.41, 5.74) is 0.616. The molecule has 146 valence electrons. The molecule has 0 aliphatic heterocycles. The SMILES string of the molecule is C=C(C)C(=O)O.C=C(CS)C(=O)OCCCCCCCCCCCC. The van der Waals surface area contributed by atoms with E-state index in [1.165, 1.54) is 58.3 Å². The van der Waals surface area contributed by atoms with E-state index < -0.39 is 5.97 Å². The number of carboxylic acids is 1. The number of carbonyl (C=O) groups excluding carboxylic acids is 1. The van der Waals surface area contributed by atoms with Crippen LogP contribution in [0.1, 0.15) is 78.1 Å². The van der Waals surface area contributed by atoms with E-state index in [0.717, 1.165) is 12.8 Å². The average molecular weight is 373 g/mol. The summed E-state index contributed by atoms with van der Waals surface area (Å²) < 4.78 is 5.08. The van der Waals surface area contributed by atoms with Crippen LogP contribution in [0.4, 0.5) is 0 Å². The van der Waals surface area contributed by atoms with Crippen LogP contribution in [0.2, 0.25) is 0 Å². The third-order valence-corrected chi connectivity index (χ3v) is 3.96. The van der Waals surface area contributed by atoms with Crippen LogP contribution in [0.25, 0.3) is 0 Å². The van der Waals surface area contributed by atoms with Crippen molar-refractivity contribution < 1.29 is 19.4 Å². The van der Waals surface area contributed by atoms with Gasteiger partial charge in [-0.2, -0.15) is 12.6 Å². The maximum atomic E-state index is 11.3. The van der Waals surface area contributed by atoms with E-state index in [2.05, 4.69) is 32.7 Å². The Morgan fingerprint density at radius 1 is 0.920 bits per heavy atom. The van der Waals surface area contributed by atoms with Gasteiger partial charge in [0.25, 0.3) is 0 Å². The smallest absolute Gasteiger partial charge is 0.334 e. The Labute approximate surface area is 159 Å². The van der Waals surface area contributed by atoms with Gasteiger partial charge in [0.1, 0.15) is 0 Å². The number of carboxylic acid groups (broad SMARTS) is 1. The zero-order valence-electron chi connectivity index (χ0n) is 16.0. The quantitative estimate of drug-likeness (QED) is 0.181. The Balaban J connectivity index is 0. The molecule has 0 heterocycles. The van der Waals surface area contributed by atoms with Crippen molar-refractivity contribution >= 4 is 24.6 Å². The summed E-state index contributed by atoms with van der Waals surface area (Å²) in [5, 5.41) is 7.89. The van der Waals surface area contributed by atoms with Gasteiger partial charge in [0, 0.05) is 16.9 Å². The molecule has 0 saturated heterocycles. The fraction of sp³-hybridized carbons (Fsp3) is 0.700. The lowest BCUT2D eigenvalue weighted by Crippen LogP contribution is -2.09. The van der Waals surface area contributed by atoms with Crippen LogP contribution in [0.5, 0.6) is 0 Å². The standard InChI is InChI=1S/C16H30O2S.C4H6O2/c1-3-4-5-6-7-8-9-10-11-12-13-18-16(17)15(2)14-19;1-3(2)4(5)6/h19H,2-14H2,1H3;1H2,2H3,(H,5,6). The van der Waals surface area contributed by atoms with Crippen molar-refractivity contribution in [3.8, 4) is 0 Å². The van der Waals surface area contributed by atoms with Gasteiger partial charge in [-0.25, -0.2) is 9.59 Å². The summed E-state index contributed by atoms with van der Waals surface area (Å²) in [6.45, 7) is 11.0. The van der Waals surface area contributed by atoms with E-state index in [1.54, 1.807) is 0 Å². The van der Waals surface area contributed by atoms with E-state index in [0.29, 0.717) is 17.9 Å². The Kier molecular flexibility index (Phi) is 19.9. The highest BCUT2D eigenvalue weighted by Gasteiger charge is 2.05. The molecule has 0 aliphatic rings. The van der Waals surface area contributed by atoms with Gasteiger partial charge in [0.15, 0.2) is 0 Å². The van der Waals surface area contributed by atoms with Crippen LogP contribution in [0.15, 0.2) is 24.3 Å². The zero-order valence-corrected chi connectivity index (χ0v) is 16.9. The number of hydrogen-bond acceptors (Lipinski definition) is 4. The third kappa shape index (κ3) is 20.7. The highest BCUT2D eigenvalue weighted by Crippen LogP contribution is 2.10. The van der Waals surface area contributed by atoms with Crippen LogP contribution < -0.4 is 0 Å². The minimum atomic E-state index is -0.935. The molecule has 0 amide bonds. The molecule has 0 aliphatic carbocycles. The third-order valence-electron chi connectivity index (χ3n) is 3.58. The van der Waals surface area contributed by atoms with Gasteiger partial charge in [-0.05, 0) is 13.3 Å². The highest BCUT2D eigenvalue weighted by molar-refractivity contribution is 7.80. The molecular weight excluding hydrogens is 336 g/mol. The molecule has 0 unspecified atom stereocenters. The van der Waals surface area contributed by atoms with Crippen molar-refractivity contribution in [1.82, 2.24) is 0 Å². The van der Waals surface area contributed by atoms with Gasteiger partial charge in [0.2, 0.25) is 0 Å². The van der Waals surface area contributed by atoms with Crippen molar-refractivity contribution in [3.63, 3.8) is 0 Å². The second kappa shape index (κ2) is 19.1. The van der Waals surface area contributed by atoms with Gasteiger partial charge in [-0.3, -0.25) is 0 Å². The van der Waals surface area contributed by atoms with Gasteiger partial charge in [0.05, 0.1) is 6.61 Å². The largest absolute Gasteiger partial charge is 0.478 e. The fourth-order valence-electron chi connectivity index (χ4n) is 1.92. The minimum Gasteiger partial charge on any atom is -0.478 e. The Bertz CT molecular complexity index is 379. The van der Waals surface area contributed by atoms with Crippen LogP contribution >= 0.6 is 12.6 Å². The Hall–Kier alpha value is -1.23. The number of ether oxygens (including phenoxy) is 1. The lowest BCUT2D eigenvalue weighted by atomic mass is 10.1. The lowest BCUT2D eigenvalue weighted by molar-refractivity contribution is -0.139. The summed E-state index contributed by atoms with van der Waals surface area (Å²) in [4.78, 5) is 20.9. The number of carbonyl (C=O) groups is 2. The molecule has 0 radical (unpaired) electrons. The number of unbranched alkanes of at least 4 members (excludes halogenated alkanes) is 9. The van der Waals surface area contributed by atoms with Crippen molar-refractivity contribution in [2.75, 3.05) is 12.4 Å². The number of hydrogen-bond donors (Lipinski definition) is 2. The summed E-state index contributed by atoms with van der Waals surface area (Å²) in [5.74, 6) is -0.863. The topological polar surface area (TPSA) is 63.6 Å². The van der Waals surface area contributed by atoms with Crippen LogP contribution in [0, 0.1) is 0 Å². The first-order valence-electron chi connectivity index (χ1n) is 9.21. The summed E-state index contributed by atoms with van der Waals surface area (Å²) >= 11 is 3.99. The Morgan fingerprint density at radius 3 is 1.68 bits per heavy atom. The van der Waals surface area contributed by atoms with E-state index >= 15 is 0 Å². The lowest BCUT2D eigenvalue weighted by Gasteiger charge is -2.05. The molecule has 0 bridgehead atoms. The van der Waals surface area contributed by atoms with Crippen molar-refractivity contribution in [2.24, 2.45) is 0 Å². The molecule has 0 rings (SSSR count).